The summed E-state index contributed by atoms with van der Waals surface area (Å²) >= 11 is 0. The van der Waals surface area contributed by atoms with Crippen molar-refractivity contribution in [1.82, 2.24) is 4.90 Å². The molecule has 1 heterocycles. The lowest BCUT2D eigenvalue weighted by Crippen LogP contribution is -2.36. The van der Waals surface area contributed by atoms with Gasteiger partial charge in [0, 0.05) is 26.1 Å². The fourth-order valence-corrected chi connectivity index (χ4v) is 2.12. The van der Waals surface area contributed by atoms with Gasteiger partial charge in [0.15, 0.2) is 0 Å². The van der Waals surface area contributed by atoms with Crippen molar-refractivity contribution in [1.29, 1.82) is 0 Å². The predicted molar refractivity (Wildman–Crippen MR) is 68.8 cm³/mol. The van der Waals surface area contributed by atoms with Crippen molar-refractivity contribution >= 4 is 5.91 Å². The molecule has 0 bridgehead atoms. The summed E-state index contributed by atoms with van der Waals surface area (Å²) in [5.41, 5.74) is 5.43. The second kappa shape index (κ2) is 8.48. The number of amides is 1. The molecule has 1 saturated heterocycles. The molecule has 0 saturated carbocycles. The summed E-state index contributed by atoms with van der Waals surface area (Å²) in [5.74, 6) is 0.283. The topological polar surface area (TPSA) is 55.6 Å². The summed E-state index contributed by atoms with van der Waals surface area (Å²) in [5, 5.41) is 0. The Balaban J connectivity index is 2.28. The van der Waals surface area contributed by atoms with Crippen LogP contribution >= 0.6 is 0 Å². The predicted octanol–water partition coefficient (Wildman–Crippen LogP) is 1.53. The van der Waals surface area contributed by atoms with Crippen LogP contribution in [0.4, 0.5) is 0 Å². The highest BCUT2D eigenvalue weighted by molar-refractivity contribution is 5.76. The van der Waals surface area contributed by atoms with Crippen LogP contribution in [-0.4, -0.2) is 43.2 Å². The summed E-state index contributed by atoms with van der Waals surface area (Å²) in [7, 11) is 0. The van der Waals surface area contributed by atoms with Crippen molar-refractivity contribution in [2.24, 2.45) is 5.73 Å². The van der Waals surface area contributed by atoms with Crippen LogP contribution in [0.1, 0.15) is 45.4 Å². The Kier molecular flexibility index (Phi) is 7.21. The number of nitrogens with two attached hydrogens (primary N) is 1. The molecule has 1 aliphatic heterocycles. The summed E-state index contributed by atoms with van der Waals surface area (Å²) in [6.45, 7) is 5.25. The SMILES string of the molecule is CCC1CN(C(=O)CCCCCN)CCCO1. The van der Waals surface area contributed by atoms with Gasteiger partial charge in [-0.05, 0) is 32.2 Å². The maximum atomic E-state index is 12.0. The van der Waals surface area contributed by atoms with E-state index in [1.807, 2.05) is 4.90 Å². The smallest absolute Gasteiger partial charge is 0.222 e. The van der Waals surface area contributed by atoms with Gasteiger partial charge in [-0.25, -0.2) is 0 Å². The van der Waals surface area contributed by atoms with E-state index in [1.165, 1.54) is 0 Å². The lowest BCUT2D eigenvalue weighted by molar-refractivity contribution is -0.132. The van der Waals surface area contributed by atoms with Crippen LogP contribution in [0.15, 0.2) is 0 Å². The zero-order valence-electron chi connectivity index (χ0n) is 11.0. The van der Waals surface area contributed by atoms with Crippen molar-refractivity contribution in [2.45, 2.75) is 51.6 Å². The number of nitrogens with zero attached hydrogens (tertiary/aromatic N) is 1. The van der Waals surface area contributed by atoms with Crippen LogP contribution in [0, 0.1) is 0 Å². The standard InChI is InChI=1S/C13H26N2O2/c1-2-12-11-15(9-6-10-17-12)13(16)7-4-3-5-8-14/h12H,2-11,14H2,1H3. The Labute approximate surface area is 104 Å². The minimum absolute atomic E-state index is 0.227. The number of ether oxygens (including phenoxy) is 1. The molecule has 1 amide bonds. The van der Waals surface area contributed by atoms with Gasteiger partial charge in [0.1, 0.15) is 0 Å². The fourth-order valence-electron chi connectivity index (χ4n) is 2.12. The van der Waals surface area contributed by atoms with Crippen molar-refractivity contribution in [3.63, 3.8) is 0 Å². The van der Waals surface area contributed by atoms with E-state index in [4.69, 9.17) is 10.5 Å². The molecular formula is C13H26N2O2. The van der Waals surface area contributed by atoms with E-state index in [1.54, 1.807) is 0 Å². The Bertz CT molecular complexity index is 221. The average Bonchev–Trinajstić information content (AvgIpc) is 2.59. The molecule has 1 unspecified atom stereocenters. The Morgan fingerprint density at radius 2 is 2.24 bits per heavy atom. The second-order valence-electron chi connectivity index (χ2n) is 4.69. The molecule has 1 aliphatic rings. The number of hydrogen-bond acceptors (Lipinski definition) is 3. The normalized spacial score (nSPS) is 21.3. The first-order valence-corrected chi connectivity index (χ1v) is 6.87. The number of rotatable bonds is 6. The van der Waals surface area contributed by atoms with Crippen LogP contribution in [0.2, 0.25) is 0 Å². The van der Waals surface area contributed by atoms with Gasteiger partial charge >= 0.3 is 0 Å². The van der Waals surface area contributed by atoms with E-state index in [9.17, 15) is 4.79 Å². The van der Waals surface area contributed by atoms with Gasteiger partial charge in [-0.2, -0.15) is 0 Å². The molecule has 0 spiro atoms. The van der Waals surface area contributed by atoms with Crippen LogP contribution in [0.3, 0.4) is 0 Å². The fraction of sp³-hybridized carbons (Fsp3) is 0.923. The summed E-state index contributed by atoms with van der Waals surface area (Å²) in [6.07, 6.45) is 5.88. The Morgan fingerprint density at radius 3 is 2.94 bits per heavy atom. The molecule has 4 nitrogen and oxygen atoms in total. The molecule has 1 fully saturated rings. The number of hydrogen-bond donors (Lipinski definition) is 1. The van der Waals surface area contributed by atoms with Gasteiger partial charge in [0.05, 0.1) is 6.10 Å². The lowest BCUT2D eigenvalue weighted by Gasteiger charge is -2.23. The maximum absolute atomic E-state index is 12.0. The first-order valence-electron chi connectivity index (χ1n) is 6.87. The number of unbranched alkanes of at least 4 members (excludes halogenated alkanes) is 2. The van der Waals surface area contributed by atoms with E-state index < -0.39 is 0 Å². The molecule has 0 radical (unpaired) electrons. The molecule has 0 aromatic carbocycles. The van der Waals surface area contributed by atoms with Gasteiger partial charge in [-0.3, -0.25) is 4.79 Å². The average molecular weight is 242 g/mol. The van der Waals surface area contributed by atoms with Crippen LogP contribution < -0.4 is 5.73 Å². The zero-order valence-corrected chi connectivity index (χ0v) is 11.0. The van der Waals surface area contributed by atoms with Gasteiger partial charge < -0.3 is 15.4 Å². The van der Waals surface area contributed by atoms with E-state index in [0.717, 1.165) is 58.3 Å². The van der Waals surface area contributed by atoms with Crippen molar-refractivity contribution in [3.05, 3.63) is 0 Å². The third-order valence-corrected chi connectivity index (χ3v) is 3.25. The third kappa shape index (κ3) is 5.50. The van der Waals surface area contributed by atoms with Crippen LogP contribution in [0.25, 0.3) is 0 Å². The molecule has 17 heavy (non-hydrogen) atoms. The van der Waals surface area contributed by atoms with Crippen LogP contribution in [-0.2, 0) is 9.53 Å². The van der Waals surface area contributed by atoms with E-state index in [-0.39, 0.29) is 12.0 Å². The van der Waals surface area contributed by atoms with Gasteiger partial charge in [0.25, 0.3) is 0 Å². The van der Waals surface area contributed by atoms with Gasteiger partial charge in [-0.15, -0.1) is 0 Å². The molecule has 0 aromatic rings. The molecule has 0 aromatic heterocycles. The third-order valence-electron chi connectivity index (χ3n) is 3.25. The Morgan fingerprint density at radius 1 is 1.41 bits per heavy atom. The van der Waals surface area contributed by atoms with E-state index in [0.29, 0.717) is 6.42 Å². The Hall–Kier alpha value is -0.610. The summed E-state index contributed by atoms with van der Waals surface area (Å²) in [6, 6.07) is 0. The van der Waals surface area contributed by atoms with E-state index >= 15 is 0 Å². The van der Waals surface area contributed by atoms with Gasteiger partial charge in [-0.1, -0.05) is 13.3 Å². The molecule has 1 rings (SSSR count). The van der Waals surface area contributed by atoms with Crippen molar-refractivity contribution in [3.8, 4) is 0 Å². The molecule has 2 N–H and O–H groups in total. The van der Waals surface area contributed by atoms with E-state index in [2.05, 4.69) is 6.92 Å². The number of carbonyl (C=O) groups excluding carboxylic acids is 1. The minimum atomic E-state index is 0.227. The van der Waals surface area contributed by atoms with Crippen LogP contribution in [0.5, 0.6) is 0 Å². The van der Waals surface area contributed by atoms with Crippen molar-refractivity contribution in [2.75, 3.05) is 26.2 Å². The molecule has 0 aliphatic carbocycles. The quantitative estimate of drug-likeness (QED) is 0.719. The first kappa shape index (κ1) is 14.5. The molecule has 100 valence electrons. The molecule has 4 heteroatoms. The van der Waals surface area contributed by atoms with Crippen molar-refractivity contribution < 1.29 is 9.53 Å². The minimum Gasteiger partial charge on any atom is -0.376 e. The van der Waals surface area contributed by atoms with Gasteiger partial charge in [0.2, 0.25) is 5.91 Å². The zero-order chi connectivity index (χ0) is 12.5. The monoisotopic (exact) mass is 242 g/mol. The highest BCUT2D eigenvalue weighted by atomic mass is 16.5. The first-order chi connectivity index (χ1) is 8.27. The maximum Gasteiger partial charge on any atom is 0.222 e. The highest BCUT2D eigenvalue weighted by Gasteiger charge is 2.20. The second-order valence-corrected chi connectivity index (χ2v) is 4.69. The lowest BCUT2D eigenvalue weighted by atomic mass is 10.1. The summed E-state index contributed by atoms with van der Waals surface area (Å²) in [4.78, 5) is 14.0. The molecular weight excluding hydrogens is 216 g/mol. The number of carbonyl (C=O) groups is 1. The largest absolute Gasteiger partial charge is 0.376 e. The molecule has 1 atom stereocenters. The highest BCUT2D eigenvalue weighted by Crippen LogP contribution is 2.11. The summed E-state index contributed by atoms with van der Waals surface area (Å²) < 4.78 is 5.67.